The highest BCUT2D eigenvalue weighted by atomic mass is 19.3. The molecule has 0 aromatic carbocycles. The van der Waals surface area contributed by atoms with Gasteiger partial charge in [0.2, 0.25) is 5.91 Å². The summed E-state index contributed by atoms with van der Waals surface area (Å²) < 4.78 is 28.2. The van der Waals surface area contributed by atoms with Crippen molar-refractivity contribution in [2.75, 3.05) is 6.54 Å². The Balaban J connectivity index is 1.74. The molecule has 3 heterocycles. The molecule has 1 atom stereocenters. The van der Waals surface area contributed by atoms with Gasteiger partial charge in [-0.3, -0.25) is 24.0 Å². The minimum absolute atomic E-state index is 0.123. The zero-order chi connectivity index (χ0) is 24.8. The number of amides is 2. The summed E-state index contributed by atoms with van der Waals surface area (Å²) in [6.07, 6.45) is 8.34. The fourth-order valence-corrected chi connectivity index (χ4v) is 3.97. The van der Waals surface area contributed by atoms with E-state index in [2.05, 4.69) is 22.2 Å². The molecule has 3 rings (SSSR count). The number of nitrogens with one attached hydrogen (secondary N) is 3. The highest BCUT2D eigenvalue weighted by Gasteiger charge is 2.38. The van der Waals surface area contributed by atoms with Crippen LogP contribution in [0.15, 0.2) is 60.2 Å². The van der Waals surface area contributed by atoms with Crippen LogP contribution >= 0.6 is 0 Å². The van der Waals surface area contributed by atoms with Crippen LogP contribution in [0.1, 0.15) is 38.9 Å². The minimum Gasteiger partial charge on any atom is -0.377 e. The number of rotatable bonds is 9. The van der Waals surface area contributed by atoms with Crippen LogP contribution in [0.4, 0.5) is 8.78 Å². The molecule has 2 amide bonds. The van der Waals surface area contributed by atoms with E-state index in [4.69, 9.17) is 5.41 Å². The van der Waals surface area contributed by atoms with Crippen molar-refractivity contribution in [3.63, 3.8) is 0 Å². The Labute approximate surface area is 196 Å². The van der Waals surface area contributed by atoms with Crippen LogP contribution in [0.3, 0.4) is 0 Å². The standard InChI is InChI=1S/C24H28F2N6O2/c1-4-16(11-27)12-29-19(5-2)23(34)31-15(3)6-7-21(31)22(33)30-14-18-10-17-13-28-9-8-20(17)32(18)24(25)26/h4-5,8-11,13,21,24,27,29H,3,6-7,12,14H2,1-2H3,(H,30,33)/b16-4+,19-5+,27-11?. The first-order valence-electron chi connectivity index (χ1n) is 10.9. The first-order valence-corrected chi connectivity index (χ1v) is 10.9. The lowest BCUT2D eigenvalue weighted by molar-refractivity contribution is -0.134. The number of hydrogen-bond acceptors (Lipinski definition) is 5. The number of pyridine rings is 1. The predicted molar refractivity (Wildman–Crippen MR) is 126 cm³/mol. The van der Waals surface area contributed by atoms with Crippen molar-refractivity contribution in [3.8, 4) is 0 Å². The van der Waals surface area contributed by atoms with Gasteiger partial charge in [0.25, 0.3) is 5.91 Å². The van der Waals surface area contributed by atoms with E-state index in [0.29, 0.717) is 35.0 Å². The number of fused-ring (bicyclic) bond motifs is 1. The lowest BCUT2D eigenvalue weighted by Gasteiger charge is -2.26. The van der Waals surface area contributed by atoms with E-state index < -0.39 is 24.4 Å². The second kappa shape index (κ2) is 10.9. The number of halogens is 2. The van der Waals surface area contributed by atoms with Crippen molar-refractivity contribution < 1.29 is 18.4 Å². The van der Waals surface area contributed by atoms with Crippen molar-refractivity contribution in [2.45, 2.75) is 45.8 Å². The van der Waals surface area contributed by atoms with Crippen LogP contribution in [0, 0.1) is 5.41 Å². The first-order chi connectivity index (χ1) is 16.3. The Morgan fingerprint density at radius 3 is 2.74 bits per heavy atom. The molecule has 1 unspecified atom stereocenters. The molecular formula is C24H28F2N6O2. The van der Waals surface area contributed by atoms with E-state index in [9.17, 15) is 18.4 Å². The van der Waals surface area contributed by atoms with Gasteiger partial charge in [-0.15, -0.1) is 0 Å². The molecular weight excluding hydrogens is 442 g/mol. The van der Waals surface area contributed by atoms with Crippen LogP contribution < -0.4 is 10.6 Å². The Morgan fingerprint density at radius 2 is 2.09 bits per heavy atom. The molecule has 180 valence electrons. The van der Waals surface area contributed by atoms with E-state index in [1.807, 2.05) is 0 Å². The molecule has 3 N–H and O–H groups in total. The predicted octanol–water partition coefficient (Wildman–Crippen LogP) is 3.64. The molecule has 0 spiro atoms. The number of likely N-dealkylation sites (tertiary alicyclic amines) is 1. The van der Waals surface area contributed by atoms with Crippen LogP contribution in [0.25, 0.3) is 10.9 Å². The Bertz CT molecular complexity index is 1170. The normalized spacial score (nSPS) is 16.9. The number of hydrogen-bond donors (Lipinski definition) is 3. The Morgan fingerprint density at radius 1 is 1.32 bits per heavy atom. The summed E-state index contributed by atoms with van der Waals surface area (Å²) in [7, 11) is 0. The van der Waals surface area contributed by atoms with E-state index in [1.165, 1.54) is 29.6 Å². The molecule has 0 bridgehead atoms. The molecule has 1 saturated heterocycles. The lowest BCUT2D eigenvalue weighted by Crippen LogP contribution is -2.47. The van der Waals surface area contributed by atoms with E-state index >= 15 is 0 Å². The van der Waals surface area contributed by atoms with Crippen molar-refractivity contribution in [1.29, 1.82) is 5.41 Å². The van der Waals surface area contributed by atoms with Gasteiger partial charge in [0, 0.05) is 41.9 Å². The van der Waals surface area contributed by atoms with Crippen LogP contribution in [-0.2, 0) is 16.1 Å². The maximum Gasteiger partial charge on any atom is 0.319 e. The van der Waals surface area contributed by atoms with Crippen molar-refractivity contribution in [2.24, 2.45) is 0 Å². The van der Waals surface area contributed by atoms with Crippen molar-refractivity contribution >= 4 is 28.9 Å². The van der Waals surface area contributed by atoms with E-state index in [-0.39, 0.29) is 24.5 Å². The number of alkyl halides is 2. The van der Waals surface area contributed by atoms with Crippen molar-refractivity contribution in [1.82, 2.24) is 25.1 Å². The average Bonchev–Trinajstić information content (AvgIpc) is 3.40. The first kappa shape index (κ1) is 24.8. The third-order valence-electron chi connectivity index (χ3n) is 5.80. The number of carbonyl (C=O) groups excluding carboxylic acids is 2. The Kier molecular flexibility index (Phi) is 7.93. The number of nitrogens with zero attached hydrogens (tertiary/aromatic N) is 3. The maximum absolute atomic E-state index is 13.7. The van der Waals surface area contributed by atoms with Gasteiger partial charge in [0.15, 0.2) is 0 Å². The second-order valence-corrected chi connectivity index (χ2v) is 7.80. The van der Waals surface area contributed by atoms with Gasteiger partial charge in [-0.1, -0.05) is 18.7 Å². The zero-order valence-corrected chi connectivity index (χ0v) is 19.1. The third-order valence-corrected chi connectivity index (χ3v) is 5.80. The van der Waals surface area contributed by atoms with Crippen LogP contribution in [-0.4, -0.2) is 45.1 Å². The van der Waals surface area contributed by atoms with Gasteiger partial charge in [0.1, 0.15) is 6.04 Å². The summed E-state index contributed by atoms with van der Waals surface area (Å²) in [6.45, 7) is 4.82. The molecule has 10 heteroatoms. The quantitative estimate of drug-likeness (QED) is 0.385. The van der Waals surface area contributed by atoms with Gasteiger partial charge >= 0.3 is 6.55 Å². The molecule has 1 fully saturated rings. The summed E-state index contributed by atoms with van der Waals surface area (Å²) in [5.41, 5.74) is 2.06. The van der Waals surface area contributed by atoms with Gasteiger partial charge in [-0.05, 0) is 44.4 Å². The molecule has 2 aromatic rings. The van der Waals surface area contributed by atoms with Gasteiger partial charge in [-0.25, -0.2) is 0 Å². The van der Waals surface area contributed by atoms with Crippen molar-refractivity contribution in [3.05, 3.63) is 65.9 Å². The van der Waals surface area contributed by atoms with Gasteiger partial charge < -0.3 is 16.0 Å². The fourth-order valence-electron chi connectivity index (χ4n) is 3.97. The smallest absolute Gasteiger partial charge is 0.319 e. The molecule has 8 nitrogen and oxygen atoms in total. The second-order valence-electron chi connectivity index (χ2n) is 7.80. The molecule has 1 aliphatic heterocycles. The third kappa shape index (κ3) is 5.05. The monoisotopic (exact) mass is 470 g/mol. The van der Waals surface area contributed by atoms with Crippen LogP contribution in [0.2, 0.25) is 0 Å². The summed E-state index contributed by atoms with van der Waals surface area (Å²) >= 11 is 0. The summed E-state index contributed by atoms with van der Waals surface area (Å²) in [5, 5.41) is 13.6. The number of carbonyl (C=O) groups is 2. The maximum atomic E-state index is 13.7. The van der Waals surface area contributed by atoms with Gasteiger partial charge in [-0.2, -0.15) is 8.78 Å². The summed E-state index contributed by atoms with van der Waals surface area (Å²) in [5.74, 6) is -0.848. The molecule has 0 saturated carbocycles. The SMILES string of the molecule is C=C1CCC(C(=O)NCc2cc3cnccc3n2C(F)F)N1C(=O)/C(=C\C)NC/C(C=N)=C/C. The Hall–Kier alpha value is -3.82. The topological polar surface area (TPSA) is 103 Å². The molecule has 0 aliphatic carbocycles. The zero-order valence-electron chi connectivity index (χ0n) is 19.1. The summed E-state index contributed by atoms with van der Waals surface area (Å²) in [6, 6.07) is 2.26. The fraction of sp³-hybridized carbons (Fsp3) is 0.333. The minimum atomic E-state index is -2.78. The lowest BCUT2D eigenvalue weighted by atomic mass is 10.2. The van der Waals surface area contributed by atoms with E-state index in [1.54, 1.807) is 32.1 Å². The molecule has 34 heavy (non-hydrogen) atoms. The highest BCUT2D eigenvalue weighted by Crippen LogP contribution is 2.29. The largest absolute Gasteiger partial charge is 0.377 e. The highest BCUT2D eigenvalue weighted by molar-refractivity contribution is 5.98. The molecule has 0 radical (unpaired) electrons. The number of aromatic nitrogens is 2. The van der Waals surface area contributed by atoms with E-state index in [0.717, 1.165) is 4.57 Å². The van der Waals surface area contributed by atoms with Gasteiger partial charge in [0.05, 0.1) is 17.8 Å². The molecule has 2 aromatic heterocycles. The average molecular weight is 471 g/mol. The summed E-state index contributed by atoms with van der Waals surface area (Å²) in [4.78, 5) is 31.5. The van der Waals surface area contributed by atoms with Crippen LogP contribution in [0.5, 0.6) is 0 Å². The number of allylic oxidation sites excluding steroid dienone is 3. The molecule has 1 aliphatic rings.